The summed E-state index contributed by atoms with van der Waals surface area (Å²) in [6.45, 7) is 0. The van der Waals surface area contributed by atoms with Crippen LogP contribution in [0.5, 0.6) is 0 Å². The topological polar surface area (TPSA) is 74.8 Å². The molecule has 114 valence electrons. The van der Waals surface area contributed by atoms with Crippen molar-refractivity contribution in [1.29, 1.82) is 0 Å². The van der Waals surface area contributed by atoms with Crippen molar-refractivity contribution >= 4 is 22.7 Å². The molecule has 23 heavy (non-hydrogen) atoms. The SMILES string of the molecule is O=C(Nc1ccc(-c2ccc(=O)[nH]n2)cc1)Sc1ccccc1. The Bertz CT molecular complexity index is 841. The fourth-order valence-electron chi connectivity index (χ4n) is 1.97. The van der Waals surface area contributed by atoms with Crippen LogP contribution in [0.25, 0.3) is 11.3 Å². The Hall–Kier alpha value is -2.86. The summed E-state index contributed by atoms with van der Waals surface area (Å²) >= 11 is 1.14. The lowest BCUT2D eigenvalue weighted by Gasteiger charge is -2.06. The standard InChI is InChI=1S/C17H13N3O2S/c21-16-11-10-15(19-20-16)12-6-8-13(9-7-12)18-17(22)23-14-4-2-1-3-5-14/h1-11H,(H,18,22)(H,20,21). The molecule has 1 aromatic heterocycles. The molecule has 3 rings (SSSR count). The molecule has 0 unspecified atom stereocenters. The molecule has 0 saturated carbocycles. The maximum Gasteiger partial charge on any atom is 0.288 e. The van der Waals surface area contributed by atoms with E-state index in [1.807, 2.05) is 42.5 Å². The molecule has 0 bridgehead atoms. The van der Waals surface area contributed by atoms with Crippen molar-refractivity contribution in [3.8, 4) is 11.3 Å². The number of benzene rings is 2. The normalized spacial score (nSPS) is 10.3. The van der Waals surface area contributed by atoms with Crippen molar-refractivity contribution in [2.45, 2.75) is 4.90 Å². The maximum atomic E-state index is 12.0. The third kappa shape index (κ3) is 4.08. The van der Waals surface area contributed by atoms with Crippen LogP contribution in [0, 0.1) is 0 Å². The van der Waals surface area contributed by atoms with E-state index in [1.54, 1.807) is 18.2 Å². The van der Waals surface area contributed by atoms with Gasteiger partial charge in [-0.1, -0.05) is 30.3 Å². The molecule has 0 fully saturated rings. The molecule has 0 atom stereocenters. The van der Waals surface area contributed by atoms with Crippen molar-refractivity contribution in [1.82, 2.24) is 10.2 Å². The minimum Gasteiger partial charge on any atom is -0.317 e. The number of carbonyl (C=O) groups excluding carboxylic acids is 1. The van der Waals surface area contributed by atoms with Gasteiger partial charge in [0.25, 0.3) is 10.8 Å². The van der Waals surface area contributed by atoms with Gasteiger partial charge in [-0.3, -0.25) is 9.59 Å². The van der Waals surface area contributed by atoms with Gasteiger partial charge in [-0.2, -0.15) is 5.10 Å². The van der Waals surface area contributed by atoms with Gasteiger partial charge < -0.3 is 5.32 Å². The number of nitrogens with one attached hydrogen (secondary N) is 2. The Morgan fingerprint density at radius 2 is 1.70 bits per heavy atom. The lowest BCUT2D eigenvalue weighted by Crippen LogP contribution is -2.06. The average Bonchev–Trinajstić information content (AvgIpc) is 2.57. The molecule has 0 aliphatic rings. The number of thioether (sulfide) groups is 1. The summed E-state index contributed by atoms with van der Waals surface area (Å²) in [5.41, 5.74) is 1.98. The van der Waals surface area contributed by atoms with Crippen molar-refractivity contribution in [3.05, 3.63) is 77.1 Å². The molecule has 1 heterocycles. The van der Waals surface area contributed by atoms with E-state index in [-0.39, 0.29) is 10.8 Å². The Kier molecular flexibility index (Phi) is 4.54. The molecule has 2 N–H and O–H groups in total. The number of rotatable bonds is 3. The Labute approximate surface area is 136 Å². The quantitative estimate of drug-likeness (QED) is 0.720. The third-order valence-electron chi connectivity index (χ3n) is 3.06. The van der Waals surface area contributed by atoms with Crippen LogP contribution in [0.15, 0.2) is 76.4 Å². The van der Waals surface area contributed by atoms with Gasteiger partial charge in [0.1, 0.15) is 0 Å². The second-order valence-electron chi connectivity index (χ2n) is 4.71. The number of hydrogen-bond donors (Lipinski definition) is 2. The van der Waals surface area contributed by atoms with Crippen molar-refractivity contribution in [2.75, 3.05) is 5.32 Å². The van der Waals surface area contributed by atoms with Crippen LogP contribution in [0.2, 0.25) is 0 Å². The molecule has 0 aliphatic carbocycles. The predicted molar refractivity (Wildman–Crippen MR) is 91.6 cm³/mol. The van der Waals surface area contributed by atoms with Crippen molar-refractivity contribution in [3.63, 3.8) is 0 Å². The molecule has 2 aromatic carbocycles. The first-order valence-corrected chi connectivity index (χ1v) is 7.72. The predicted octanol–water partition coefficient (Wildman–Crippen LogP) is 3.76. The first kappa shape index (κ1) is 15.1. The highest BCUT2D eigenvalue weighted by Crippen LogP contribution is 2.22. The molecule has 5 nitrogen and oxygen atoms in total. The van der Waals surface area contributed by atoms with E-state index in [2.05, 4.69) is 15.5 Å². The summed E-state index contributed by atoms with van der Waals surface area (Å²) in [4.78, 5) is 23.9. The van der Waals surface area contributed by atoms with Crippen molar-refractivity contribution < 1.29 is 4.79 Å². The number of aromatic nitrogens is 2. The Morgan fingerprint density at radius 3 is 2.35 bits per heavy atom. The molecule has 1 amide bonds. The molecular weight excluding hydrogens is 310 g/mol. The molecule has 3 aromatic rings. The van der Waals surface area contributed by atoms with E-state index in [0.29, 0.717) is 11.4 Å². The number of aromatic amines is 1. The highest BCUT2D eigenvalue weighted by atomic mass is 32.2. The van der Waals surface area contributed by atoms with Gasteiger partial charge in [-0.05, 0) is 42.1 Å². The number of H-pyrrole nitrogens is 1. The van der Waals surface area contributed by atoms with E-state index in [1.165, 1.54) is 6.07 Å². The summed E-state index contributed by atoms with van der Waals surface area (Å²) in [5.74, 6) is 0. The van der Waals surface area contributed by atoms with E-state index in [9.17, 15) is 9.59 Å². The maximum absolute atomic E-state index is 12.0. The molecule has 0 spiro atoms. The van der Waals surface area contributed by atoms with Gasteiger partial charge >= 0.3 is 0 Å². The van der Waals surface area contributed by atoms with Crippen molar-refractivity contribution in [2.24, 2.45) is 0 Å². The van der Waals surface area contributed by atoms with E-state index in [4.69, 9.17) is 0 Å². The molecular formula is C17H13N3O2S. The number of anilines is 1. The second-order valence-corrected chi connectivity index (χ2v) is 5.76. The van der Waals surface area contributed by atoms with E-state index < -0.39 is 0 Å². The zero-order chi connectivity index (χ0) is 16.1. The van der Waals surface area contributed by atoms with Crippen LogP contribution in [-0.4, -0.2) is 15.4 Å². The van der Waals surface area contributed by atoms with Gasteiger partial charge in [-0.15, -0.1) is 0 Å². The summed E-state index contributed by atoms with van der Waals surface area (Å²) < 4.78 is 0. The second kappa shape index (κ2) is 6.93. The monoisotopic (exact) mass is 323 g/mol. The first-order valence-electron chi connectivity index (χ1n) is 6.91. The van der Waals surface area contributed by atoms with Gasteiger partial charge in [-0.25, -0.2) is 5.10 Å². The van der Waals surface area contributed by atoms with Crippen LogP contribution in [0.4, 0.5) is 10.5 Å². The highest BCUT2D eigenvalue weighted by Gasteiger charge is 2.05. The Morgan fingerprint density at radius 1 is 0.957 bits per heavy atom. The summed E-state index contributed by atoms with van der Waals surface area (Å²) in [6, 6.07) is 19.8. The zero-order valence-electron chi connectivity index (χ0n) is 12.0. The smallest absolute Gasteiger partial charge is 0.288 e. The number of amides is 1. The van der Waals surface area contributed by atoms with Gasteiger partial charge in [0.2, 0.25) is 0 Å². The molecule has 6 heteroatoms. The third-order valence-corrected chi connectivity index (χ3v) is 3.86. The van der Waals surface area contributed by atoms with Crippen LogP contribution in [-0.2, 0) is 0 Å². The van der Waals surface area contributed by atoms with Crippen LogP contribution < -0.4 is 10.9 Å². The summed E-state index contributed by atoms with van der Waals surface area (Å²) in [7, 11) is 0. The number of carbonyl (C=O) groups is 1. The Balaban J connectivity index is 1.66. The fraction of sp³-hybridized carbons (Fsp3) is 0. The minimum absolute atomic E-state index is 0.147. The van der Waals surface area contributed by atoms with E-state index >= 15 is 0 Å². The molecule has 0 radical (unpaired) electrons. The highest BCUT2D eigenvalue weighted by molar-refractivity contribution is 8.13. The summed E-state index contributed by atoms with van der Waals surface area (Å²) in [5, 5.41) is 9.04. The van der Waals surface area contributed by atoms with Crippen LogP contribution in [0.3, 0.4) is 0 Å². The lowest BCUT2D eigenvalue weighted by atomic mass is 10.1. The zero-order valence-corrected chi connectivity index (χ0v) is 12.8. The van der Waals surface area contributed by atoms with Gasteiger partial charge in [0, 0.05) is 22.2 Å². The fourth-order valence-corrected chi connectivity index (χ4v) is 2.64. The van der Waals surface area contributed by atoms with Crippen LogP contribution >= 0.6 is 11.8 Å². The van der Waals surface area contributed by atoms with Gasteiger partial charge in [0.05, 0.1) is 5.69 Å². The van der Waals surface area contributed by atoms with Crippen LogP contribution in [0.1, 0.15) is 0 Å². The number of nitrogens with zero attached hydrogens (tertiary/aromatic N) is 1. The lowest BCUT2D eigenvalue weighted by molar-refractivity contribution is 0.270. The first-order chi connectivity index (χ1) is 11.2. The minimum atomic E-state index is -0.240. The van der Waals surface area contributed by atoms with Gasteiger partial charge in [0.15, 0.2) is 0 Å². The summed E-state index contributed by atoms with van der Waals surface area (Å²) in [6.07, 6.45) is 0. The number of hydrogen-bond acceptors (Lipinski definition) is 4. The largest absolute Gasteiger partial charge is 0.317 e. The van der Waals surface area contributed by atoms with E-state index in [0.717, 1.165) is 22.2 Å². The average molecular weight is 323 g/mol. The molecule has 0 aliphatic heterocycles. The molecule has 0 saturated heterocycles.